The van der Waals surface area contributed by atoms with E-state index in [-0.39, 0.29) is 5.82 Å². The highest BCUT2D eigenvalue weighted by Crippen LogP contribution is 2.32. The summed E-state index contributed by atoms with van der Waals surface area (Å²) in [5, 5.41) is 9.69. The summed E-state index contributed by atoms with van der Waals surface area (Å²) in [6.07, 6.45) is 1.77. The molecule has 0 aliphatic carbocycles. The van der Waals surface area contributed by atoms with E-state index in [1.807, 2.05) is 24.3 Å². The Bertz CT molecular complexity index is 1050. The molecule has 0 amide bonds. The molecule has 0 aliphatic rings. The zero-order valence-corrected chi connectivity index (χ0v) is 16.2. The Morgan fingerprint density at radius 2 is 1.66 bits per heavy atom. The number of nitrogens with zero attached hydrogens (tertiary/aromatic N) is 1. The molecule has 0 radical (unpaired) electrons. The van der Waals surface area contributed by atoms with E-state index in [0.29, 0.717) is 35.0 Å². The zero-order valence-electron chi connectivity index (χ0n) is 16.2. The maximum atomic E-state index is 13.1. The average Bonchev–Trinajstić information content (AvgIpc) is 2.77. The Labute approximate surface area is 169 Å². The van der Waals surface area contributed by atoms with Gasteiger partial charge in [0.25, 0.3) is 0 Å². The molecular formula is C24H20FNO3. The maximum Gasteiger partial charge on any atom is 0.161 e. The molecule has 0 fully saturated rings. The first kappa shape index (κ1) is 20.0. The van der Waals surface area contributed by atoms with Gasteiger partial charge in [0.1, 0.15) is 18.2 Å². The van der Waals surface area contributed by atoms with Crippen molar-refractivity contribution in [1.29, 1.82) is 5.26 Å². The number of ether oxygens (including phenoxy) is 3. The molecule has 3 rings (SSSR count). The van der Waals surface area contributed by atoms with Crippen LogP contribution < -0.4 is 14.2 Å². The standard InChI is InChI=1S/C24H20FNO3/c1-27-23-12-9-18(14-24(23)28-2)20(15-26)13-19-5-3-4-6-22(19)29-16-17-7-10-21(25)11-8-17/h3-14H,16H2,1-2H3/b20-13+. The molecule has 146 valence electrons. The van der Waals surface area contributed by atoms with E-state index < -0.39 is 0 Å². The van der Waals surface area contributed by atoms with Gasteiger partial charge in [-0.1, -0.05) is 30.3 Å². The summed E-state index contributed by atoms with van der Waals surface area (Å²) in [4.78, 5) is 0. The van der Waals surface area contributed by atoms with Crippen molar-refractivity contribution in [2.75, 3.05) is 14.2 Å². The van der Waals surface area contributed by atoms with Gasteiger partial charge in [-0.3, -0.25) is 0 Å². The fourth-order valence-corrected chi connectivity index (χ4v) is 2.81. The molecule has 5 heteroatoms. The van der Waals surface area contributed by atoms with Gasteiger partial charge in [0.05, 0.1) is 25.9 Å². The minimum Gasteiger partial charge on any atom is -0.493 e. The van der Waals surface area contributed by atoms with E-state index in [1.54, 1.807) is 50.6 Å². The largest absolute Gasteiger partial charge is 0.493 e. The lowest BCUT2D eigenvalue weighted by molar-refractivity contribution is 0.305. The minimum absolute atomic E-state index is 0.286. The second-order valence-electron chi connectivity index (χ2n) is 6.19. The summed E-state index contributed by atoms with van der Waals surface area (Å²) in [5.41, 5.74) is 2.79. The number of hydrogen-bond acceptors (Lipinski definition) is 4. The van der Waals surface area contributed by atoms with Crippen LogP contribution in [0.25, 0.3) is 11.6 Å². The van der Waals surface area contributed by atoms with Crippen molar-refractivity contribution in [2.45, 2.75) is 6.61 Å². The van der Waals surface area contributed by atoms with Gasteiger partial charge in [-0.05, 0) is 53.6 Å². The van der Waals surface area contributed by atoms with Gasteiger partial charge in [0.15, 0.2) is 11.5 Å². The lowest BCUT2D eigenvalue weighted by atomic mass is 10.0. The normalized spacial score (nSPS) is 10.9. The third-order valence-electron chi connectivity index (χ3n) is 4.34. The molecule has 3 aromatic carbocycles. The molecule has 0 bridgehead atoms. The predicted molar refractivity (Wildman–Crippen MR) is 110 cm³/mol. The van der Waals surface area contributed by atoms with E-state index >= 15 is 0 Å². The molecule has 3 aromatic rings. The minimum atomic E-state index is -0.286. The van der Waals surface area contributed by atoms with Crippen LogP contribution in [0.2, 0.25) is 0 Å². The van der Waals surface area contributed by atoms with Gasteiger partial charge in [-0.15, -0.1) is 0 Å². The van der Waals surface area contributed by atoms with Crippen LogP contribution in [0.1, 0.15) is 16.7 Å². The maximum absolute atomic E-state index is 13.1. The molecule has 0 spiro atoms. The van der Waals surface area contributed by atoms with Crippen molar-refractivity contribution in [3.05, 3.63) is 89.2 Å². The van der Waals surface area contributed by atoms with Crippen LogP contribution in [-0.2, 0) is 6.61 Å². The van der Waals surface area contributed by atoms with E-state index in [1.165, 1.54) is 12.1 Å². The highest BCUT2D eigenvalue weighted by atomic mass is 19.1. The Balaban J connectivity index is 1.88. The third-order valence-corrected chi connectivity index (χ3v) is 4.34. The summed E-state index contributed by atoms with van der Waals surface area (Å²) >= 11 is 0. The second-order valence-corrected chi connectivity index (χ2v) is 6.19. The van der Waals surface area contributed by atoms with Gasteiger partial charge < -0.3 is 14.2 Å². The van der Waals surface area contributed by atoms with Crippen LogP contribution in [0.3, 0.4) is 0 Å². The summed E-state index contributed by atoms with van der Waals surface area (Å²) in [6, 6.07) is 21.1. The van der Waals surface area contributed by atoms with Crippen molar-refractivity contribution < 1.29 is 18.6 Å². The molecule has 0 unspecified atom stereocenters. The Kier molecular flexibility index (Phi) is 6.49. The molecule has 0 aliphatic heterocycles. The van der Waals surface area contributed by atoms with Crippen LogP contribution in [0.4, 0.5) is 4.39 Å². The van der Waals surface area contributed by atoms with Gasteiger partial charge in [0, 0.05) is 5.56 Å². The number of methoxy groups -OCH3 is 2. The first-order chi connectivity index (χ1) is 14.1. The SMILES string of the molecule is COc1ccc(/C(C#N)=C/c2ccccc2OCc2ccc(F)cc2)cc1OC. The number of halogens is 1. The summed E-state index contributed by atoms with van der Waals surface area (Å²) in [7, 11) is 3.11. The second kappa shape index (κ2) is 9.43. The van der Waals surface area contributed by atoms with E-state index in [4.69, 9.17) is 14.2 Å². The van der Waals surface area contributed by atoms with Crippen LogP contribution in [-0.4, -0.2) is 14.2 Å². The highest BCUT2D eigenvalue weighted by Gasteiger charge is 2.10. The average molecular weight is 389 g/mol. The van der Waals surface area contributed by atoms with Crippen molar-refractivity contribution in [3.8, 4) is 23.3 Å². The Hall–Kier alpha value is -3.78. The monoisotopic (exact) mass is 389 g/mol. The summed E-state index contributed by atoms with van der Waals surface area (Å²) < 4.78 is 29.5. The first-order valence-corrected chi connectivity index (χ1v) is 8.95. The van der Waals surface area contributed by atoms with Crippen molar-refractivity contribution >= 4 is 11.6 Å². The Morgan fingerprint density at radius 3 is 2.34 bits per heavy atom. The fraction of sp³-hybridized carbons (Fsp3) is 0.125. The number of hydrogen-bond donors (Lipinski definition) is 0. The number of nitriles is 1. The molecule has 0 heterocycles. The molecule has 4 nitrogen and oxygen atoms in total. The first-order valence-electron chi connectivity index (χ1n) is 8.95. The number of rotatable bonds is 7. The number of benzene rings is 3. The van der Waals surface area contributed by atoms with Crippen molar-refractivity contribution in [1.82, 2.24) is 0 Å². The molecule has 0 saturated carbocycles. The number of para-hydroxylation sites is 1. The van der Waals surface area contributed by atoms with Crippen molar-refractivity contribution in [3.63, 3.8) is 0 Å². The van der Waals surface area contributed by atoms with Crippen LogP contribution in [0.5, 0.6) is 17.2 Å². The lowest BCUT2D eigenvalue weighted by Gasteiger charge is -2.11. The Morgan fingerprint density at radius 1 is 0.931 bits per heavy atom. The van der Waals surface area contributed by atoms with E-state index in [2.05, 4.69) is 6.07 Å². The molecule has 0 N–H and O–H groups in total. The van der Waals surface area contributed by atoms with Gasteiger partial charge >= 0.3 is 0 Å². The van der Waals surface area contributed by atoms with Gasteiger partial charge in [-0.25, -0.2) is 4.39 Å². The zero-order chi connectivity index (χ0) is 20.6. The van der Waals surface area contributed by atoms with Crippen LogP contribution in [0, 0.1) is 17.1 Å². The molecular weight excluding hydrogens is 369 g/mol. The van der Waals surface area contributed by atoms with Crippen LogP contribution >= 0.6 is 0 Å². The van der Waals surface area contributed by atoms with E-state index in [0.717, 1.165) is 11.1 Å². The molecule has 29 heavy (non-hydrogen) atoms. The topological polar surface area (TPSA) is 51.5 Å². The quantitative estimate of drug-likeness (QED) is 0.396. The predicted octanol–water partition coefficient (Wildman–Crippen LogP) is 5.49. The van der Waals surface area contributed by atoms with Crippen molar-refractivity contribution in [2.24, 2.45) is 0 Å². The third kappa shape index (κ3) is 4.94. The summed E-state index contributed by atoms with van der Waals surface area (Å²) in [5.74, 6) is 1.49. The smallest absolute Gasteiger partial charge is 0.161 e. The molecule has 0 atom stereocenters. The van der Waals surface area contributed by atoms with Gasteiger partial charge in [0.2, 0.25) is 0 Å². The molecule has 0 saturated heterocycles. The lowest BCUT2D eigenvalue weighted by Crippen LogP contribution is -1.97. The van der Waals surface area contributed by atoms with Gasteiger partial charge in [-0.2, -0.15) is 5.26 Å². The fourth-order valence-electron chi connectivity index (χ4n) is 2.81. The number of allylic oxidation sites excluding steroid dienone is 1. The highest BCUT2D eigenvalue weighted by molar-refractivity contribution is 5.91. The van der Waals surface area contributed by atoms with E-state index in [9.17, 15) is 9.65 Å². The van der Waals surface area contributed by atoms with Crippen LogP contribution in [0.15, 0.2) is 66.7 Å². The summed E-state index contributed by atoms with van der Waals surface area (Å²) in [6.45, 7) is 0.295. The molecule has 0 aromatic heterocycles.